The molecule has 1 atom stereocenters. The van der Waals surface area contributed by atoms with Crippen LogP contribution in [-0.4, -0.2) is 35.0 Å². The highest BCUT2D eigenvalue weighted by Gasteiger charge is 2.23. The van der Waals surface area contributed by atoms with E-state index in [1.807, 2.05) is 6.92 Å². The van der Waals surface area contributed by atoms with Crippen molar-refractivity contribution in [2.24, 2.45) is 0 Å². The summed E-state index contributed by atoms with van der Waals surface area (Å²) < 4.78 is 5.18. The lowest BCUT2D eigenvalue weighted by molar-refractivity contribution is 0.393. The first-order chi connectivity index (χ1) is 7.22. The van der Waals surface area contributed by atoms with Gasteiger partial charge in [0.1, 0.15) is 12.1 Å². The summed E-state index contributed by atoms with van der Waals surface area (Å²) in [7, 11) is 1.64. The highest BCUT2D eigenvalue weighted by atomic mass is 79.9. The zero-order valence-corrected chi connectivity index (χ0v) is 10.5. The van der Waals surface area contributed by atoms with Crippen LogP contribution in [0.2, 0.25) is 0 Å². The van der Waals surface area contributed by atoms with Gasteiger partial charge in [-0.1, -0.05) is 15.9 Å². The molecule has 15 heavy (non-hydrogen) atoms. The molecule has 0 saturated carbocycles. The number of halogens is 1. The largest absolute Gasteiger partial charge is 0.481 e. The van der Waals surface area contributed by atoms with E-state index in [0.717, 1.165) is 30.9 Å². The minimum Gasteiger partial charge on any atom is -0.481 e. The average Bonchev–Trinajstić information content (AvgIpc) is 2.65. The van der Waals surface area contributed by atoms with E-state index >= 15 is 0 Å². The van der Waals surface area contributed by atoms with Gasteiger partial charge in [0.15, 0.2) is 0 Å². The fourth-order valence-corrected chi connectivity index (χ4v) is 2.41. The molecule has 1 aromatic heterocycles. The summed E-state index contributed by atoms with van der Waals surface area (Å²) in [4.78, 5) is 11.2. The van der Waals surface area contributed by atoms with Gasteiger partial charge in [0.2, 0.25) is 5.88 Å². The molecule has 0 spiro atoms. The lowest BCUT2D eigenvalue weighted by Crippen LogP contribution is -2.22. The fraction of sp³-hybridized carbons (Fsp3) is 0.600. The molecule has 0 aromatic carbocycles. The summed E-state index contributed by atoms with van der Waals surface area (Å²) in [5.74, 6) is 1.65. The fourth-order valence-electron chi connectivity index (χ4n) is 1.86. The minimum atomic E-state index is 0.567. The molecule has 1 saturated heterocycles. The molecule has 1 aliphatic heterocycles. The number of ether oxygens (including phenoxy) is 1. The van der Waals surface area contributed by atoms with E-state index in [4.69, 9.17) is 4.74 Å². The van der Waals surface area contributed by atoms with Crippen molar-refractivity contribution in [1.82, 2.24) is 9.97 Å². The van der Waals surface area contributed by atoms with Crippen LogP contribution in [0.1, 0.15) is 12.0 Å². The van der Waals surface area contributed by atoms with Crippen molar-refractivity contribution in [3.63, 3.8) is 0 Å². The predicted octanol–water partition coefficient (Wildman–Crippen LogP) is 1.77. The molecule has 0 aliphatic carbocycles. The van der Waals surface area contributed by atoms with Crippen LogP contribution in [-0.2, 0) is 0 Å². The smallest absolute Gasteiger partial charge is 0.221 e. The first kappa shape index (κ1) is 10.7. The number of anilines is 1. The van der Waals surface area contributed by atoms with Gasteiger partial charge in [-0.15, -0.1) is 0 Å². The van der Waals surface area contributed by atoms with Crippen LogP contribution in [0.3, 0.4) is 0 Å². The molecule has 5 heteroatoms. The minimum absolute atomic E-state index is 0.567. The quantitative estimate of drug-likeness (QED) is 0.769. The molecule has 1 unspecified atom stereocenters. The van der Waals surface area contributed by atoms with Crippen LogP contribution >= 0.6 is 15.9 Å². The number of hydrogen-bond acceptors (Lipinski definition) is 4. The number of nitrogens with zero attached hydrogens (tertiary/aromatic N) is 3. The Morgan fingerprint density at radius 2 is 2.33 bits per heavy atom. The summed E-state index contributed by atoms with van der Waals surface area (Å²) in [6, 6.07) is 0. The summed E-state index contributed by atoms with van der Waals surface area (Å²) >= 11 is 3.62. The first-order valence-electron chi connectivity index (χ1n) is 4.97. The van der Waals surface area contributed by atoms with Crippen molar-refractivity contribution in [2.45, 2.75) is 18.2 Å². The van der Waals surface area contributed by atoms with Crippen LogP contribution < -0.4 is 9.64 Å². The van der Waals surface area contributed by atoms with Gasteiger partial charge < -0.3 is 9.64 Å². The van der Waals surface area contributed by atoms with E-state index in [1.165, 1.54) is 0 Å². The molecule has 82 valence electrons. The van der Waals surface area contributed by atoms with Crippen molar-refractivity contribution < 1.29 is 4.74 Å². The van der Waals surface area contributed by atoms with Gasteiger partial charge in [0.05, 0.1) is 12.7 Å². The maximum atomic E-state index is 5.18. The Labute approximate surface area is 97.8 Å². The van der Waals surface area contributed by atoms with E-state index in [0.29, 0.717) is 10.7 Å². The predicted molar refractivity (Wildman–Crippen MR) is 62.9 cm³/mol. The molecule has 1 aromatic rings. The zero-order valence-electron chi connectivity index (χ0n) is 8.90. The Morgan fingerprint density at radius 3 is 2.93 bits per heavy atom. The number of rotatable bonds is 2. The molecular formula is C10H14BrN3O. The van der Waals surface area contributed by atoms with Gasteiger partial charge in [0.25, 0.3) is 0 Å². The standard InChI is InChI=1S/C10H14BrN3O/c1-7-9(12-6-13-10(7)15-2)14-4-3-8(11)5-14/h6,8H,3-5H2,1-2H3. The van der Waals surface area contributed by atoms with Crippen molar-refractivity contribution in [2.75, 3.05) is 25.1 Å². The number of methoxy groups -OCH3 is 1. The lowest BCUT2D eigenvalue weighted by atomic mass is 10.3. The second kappa shape index (κ2) is 4.35. The third-order valence-electron chi connectivity index (χ3n) is 2.63. The van der Waals surface area contributed by atoms with Crippen molar-refractivity contribution in [1.29, 1.82) is 0 Å². The van der Waals surface area contributed by atoms with Gasteiger partial charge in [-0.05, 0) is 13.3 Å². The third kappa shape index (κ3) is 2.07. The van der Waals surface area contributed by atoms with Crippen LogP contribution in [0.25, 0.3) is 0 Å². The molecular weight excluding hydrogens is 258 g/mol. The van der Waals surface area contributed by atoms with Crippen LogP contribution in [0.4, 0.5) is 5.82 Å². The van der Waals surface area contributed by atoms with E-state index in [-0.39, 0.29) is 0 Å². The highest BCUT2D eigenvalue weighted by molar-refractivity contribution is 9.09. The molecule has 0 bridgehead atoms. The molecule has 1 fully saturated rings. The summed E-state index contributed by atoms with van der Waals surface area (Å²) in [5, 5.41) is 0. The summed E-state index contributed by atoms with van der Waals surface area (Å²) in [6.07, 6.45) is 2.72. The van der Waals surface area contributed by atoms with E-state index < -0.39 is 0 Å². The Balaban J connectivity index is 2.28. The Kier molecular flexibility index (Phi) is 3.09. The highest BCUT2D eigenvalue weighted by Crippen LogP contribution is 2.28. The number of aromatic nitrogens is 2. The second-order valence-electron chi connectivity index (χ2n) is 3.66. The topological polar surface area (TPSA) is 38.3 Å². The van der Waals surface area contributed by atoms with Gasteiger partial charge in [0, 0.05) is 17.9 Å². The Morgan fingerprint density at radius 1 is 1.53 bits per heavy atom. The molecule has 2 rings (SSSR count). The molecule has 0 amide bonds. The molecule has 1 aliphatic rings. The third-order valence-corrected chi connectivity index (χ3v) is 3.38. The summed E-state index contributed by atoms with van der Waals surface area (Å²) in [6.45, 7) is 4.04. The van der Waals surface area contributed by atoms with E-state index in [1.54, 1.807) is 13.4 Å². The van der Waals surface area contributed by atoms with Crippen molar-refractivity contribution >= 4 is 21.7 Å². The first-order valence-corrected chi connectivity index (χ1v) is 5.88. The Hall–Kier alpha value is -0.840. The van der Waals surface area contributed by atoms with E-state index in [9.17, 15) is 0 Å². The molecule has 0 N–H and O–H groups in total. The van der Waals surface area contributed by atoms with Gasteiger partial charge >= 0.3 is 0 Å². The van der Waals surface area contributed by atoms with Crippen LogP contribution in [0.15, 0.2) is 6.33 Å². The summed E-state index contributed by atoms with van der Waals surface area (Å²) in [5.41, 5.74) is 1.02. The molecule has 4 nitrogen and oxygen atoms in total. The van der Waals surface area contributed by atoms with E-state index in [2.05, 4.69) is 30.8 Å². The number of alkyl halides is 1. The molecule has 0 radical (unpaired) electrons. The van der Waals surface area contributed by atoms with Gasteiger partial charge in [-0.3, -0.25) is 0 Å². The van der Waals surface area contributed by atoms with Crippen molar-refractivity contribution in [3.8, 4) is 5.88 Å². The maximum absolute atomic E-state index is 5.18. The zero-order chi connectivity index (χ0) is 10.8. The van der Waals surface area contributed by atoms with Crippen molar-refractivity contribution in [3.05, 3.63) is 11.9 Å². The molecule has 2 heterocycles. The van der Waals surface area contributed by atoms with Gasteiger partial charge in [-0.2, -0.15) is 0 Å². The van der Waals surface area contributed by atoms with Crippen LogP contribution in [0, 0.1) is 6.92 Å². The second-order valence-corrected chi connectivity index (χ2v) is 4.96. The average molecular weight is 272 g/mol. The van der Waals surface area contributed by atoms with Crippen LogP contribution in [0.5, 0.6) is 5.88 Å². The SMILES string of the molecule is COc1ncnc(N2CCC(Br)C2)c1C. The lowest BCUT2D eigenvalue weighted by Gasteiger charge is -2.19. The monoisotopic (exact) mass is 271 g/mol. The normalized spacial score (nSPS) is 20.7. The number of hydrogen-bond donors (Lipinski definition) is 0. The Bertz CT molecular complexity index is 359. The maximum Gasteiger partial charge on any atom is 0.221 e. The van der Waals surface area contributed by atoms with Gasteiger partial charge in [-0.25, -0.2) is 9.97 Å².